The summed E-state index contributed by atoms with van der Waals surface area (Å²) in [6.45, 7) is 4.80. The van der Waals surface area contributed by atoms with Crippen LogP contribution in [0.3, 0.4) is 0 Å². The number of nitrogens with one attached hydrogen (secondary N) is 1. The van der Waals surface area contributed by atoms with Crippen molar-refractivity contribution in [3.8, 4) is 0 Å². The number of nitro groups is 1. The standard InChI is InChI=1S/C12H14N4O2S2/c1-3-13-11-14-15-12(20-11)19-8(2)9-5-4-6-10(7-9)16(17)18/h4-8H,3H2,1-2H3,(H,13,14). The first-order valence-electron chi connectivity index (χ1n) is 6.08. The topological polar surface area (TPSA) is 81.0 Å². The van der Waals surface area contributed by atoms with Crippen molar-refractivity contribution < 1.29 is 4.92 Å². The molecule has 2 rings (SSSR count). The molecule has 1 aromatic heterocycles. The summed E-state index contributed by atoms with van der Waals surface area (Å²) in [5.41, 5.74) is 1.02. The molecule has 0 aliphatic rings. The third-order valence-electron chi connectivity index (χ3n) is 2.56. The van der Waals surface area contributed by atoms with Crippen LogP contribution >= 0.6 is 23.1 Å². The van der Waals surface area contributed by atoms with E-state index in [0.29, 0.717) is 0 Å². The molecule has 0 amide bonds. The normalized spacial score (nSPS) is 12.1. The lowest BCUT2D eigenvalue weighted by atomic mass is 10.1. The summed E-state index contributed by atoms with van der Waals surface area (Å²) in [5, 5.41) is 22.9. The SMILES string of the molecule is CCNc1nnc(SC(C)c2cccc([N+](=O)[O-])c2)s1. The summed E-state index contributed by atoms with van der Waals surface area (Å²) in [6.07, 6.45) is 0. The molecule has 0 radical (unpaired) electrons. The number of non-ortho nitro benzene ring substituents is 1. The van der Waals surface area contributed by atoms with Crippen molar-refractivity contribution in [2.24, 2.45) is 0 Å². The quantitative estimate of drug-likeness (QED) is 0.497. The number of hydrogen-bond donors (Lipinski definition) is 1. The van der Waals surface area contributed by atoms with Crippen LogP contribution in [0, 0.1) is 10.1 Å². The van der Waals surface area contributed by atoms with Gasteiger partial charge in [-0.3, -0.25) is 10.1 Å². The zero-order valence-electron chi connectivity index (χ0n) is 11.1. The Hall–Kier alpha value is -1.67. The second-order valence-corrected chi connectivity index (χ2v) is 6.58. The van der Waals surface area contributed by atoms with Gasteiger partial charge in [-0.1, -0.05) is 35.2 Å². The molecule has 106 valence electrons. The van der Waals surface area contributed by atoms with Gasteiger partial charge >= 0.3 is 0 Å². The van der Waals surface area contributed by atoms with Crippen molar-refractivity contribution in [2.45, 2.75) is 23.4 Å². The Labute approximate surface area is 124 Å². The van der Waals surface area contributed by atoms with Crippen LogP contribution in [0.2, 0.25) is 0 Å². The summed E-state index contributed by atoms with van der Waals surface area (Å²) in [7, 11) is 0. The molecule has 0 saturated carbocycles. The average molecular weight is 310 g/mol. The van der Waals surface area contributed by atoms with E-state index in [9.17, 15) is 10.1 Å². The molecule has 1 atom stereocenters. The molecule has 2 aromatic rings. The fourth-order valence-electron chi connectivity index (χ4n) is 1.59. The predicted octanol–water partition coefficient (Wildman–Crippen LogP) is 3.73. The zero-order valence-corrected chi connectivity index (χ0v) is 12.7. The summed E-state index contributed by atoms with van der Waals surface area (Å²) in [5.74, 6) is 0. The van der Waals surface area contributed by atoms with Gasteiger partial charge in [0.2, 0.25) is 5.13 Å². The fraction of sp³-hybridized carbons (Fsp3) is 0.333. The van der Waals surface area contributed by atoms with Gasteiger partial charge in [-0.15, -0.1) is 10.2 Å². The lowest BCUT2D eigenvalue weighted by molar-refractivity contribution is -0.384. The number of thioether (sulfide) groups is 1. The molecule has 0 fully saturated rings. The lowest BCUT2D eigenvalue weighted by Crippen LogP contribution is -1.94. The number of nitro benzene ring substituents is 1. The largest absolute Gasteiger partial charge is 0.360 e. The number of benzene rings is 1. The summed E-state index contributed by atoms with van der Waals surface area (Å²) in [6, 6.07) is 6.69. The van der Waals surface area contributed by atoms with Gasteiger partial charge in [0.1, 0.15) is 0 Å². The zero-order chi connectivity index (χ0) is 14.5. The van der Waals surface area contributed by atoms with Gasteiger partial charge in [0.25, 0.3) is 5.69 Å². The van der Waals surface area contributed by atoms with Gasteiger partial charge in [0, 0.05) is 23.9 Å². The Morgan fingerprint density at radius 2 is 2.30 bits per heavy atom. The molecule has 8 heteroatoms. The van der Waals surface area contributed by atoms with Crippen LogP contribution in [0.25, 0.3) is 0 Å². The molecule has 0 aliphatic heterocycles. The van der Waals surface area contributed by atoms with Crippen molar-refractivity contribution in [2.75, 3.05) is 11.9 Å². The third-order valence-corrected chi connectivity index (χ3v) is 4.69. The molecule has 20 heavy (non-hydrogen) atoms. The van der Waals surface area contributed by atoms with Crippen LogP contribution in [-0.2, 0) is 0 Å². The summed E-state index contributed by atoms with van der Waals surface area (Å²) >= 11 is 3.03. The van der Waals surface area contributed by atoms with Crippen LogP contribution < -0.4 is 5.32 Å². The van der Waals surface area contributed by atoms with E-state index in [2.05, 4.69) is 15.5 Å². The van der Waals surface area contributed by atoms with E-state index in [1.165, 1.54) is 17.4 Å². The van der Waals surface area contributed by atoms with Crippen LogP contribution in [0.15, 0.2) is 28.6 Å². The monoisotopic (exact) mass is 310 g/mol. The minimum atomic E-state index is -0.380. The molecule has 0 saturated heterocycles. The molecule has 0 bridgehead atoms. The molecule has 1 N–H and O–H groups in total. The molecule has 1 aromatic carbocycles. The van der Waals surface area contributed by atoms with Crippen molar-refractivity contribution in [3.63, 3.8) is 0 Å². The number of anilines is 1. The van der Waals surface area contributed by atoms with Gasteiger partial charge in [-0.05, 0) is 19.4 Å². The second-order valence-electron chi connectivity index (χ2n) is 4.02. The maximum absolute atomic E-state index is 10.8. The number of rotatable bonds is 6. The number of hydrogen-bond acceptors (Lipinski definition) is 7. The highest BCUT2D eigenvalue weighted by Gasteiger charge is 2.14. The first-order valence-corrected chi connectivity index (χ1v) is 7.78. The van der Waals surface area contributed by atoms with Gasteiger partial charge in [0.05, 0.1) is 4.92 Å². The third kappa shape index (κ3) is 3.67. The first kappa shape index (κ1) is 14.7. The molecule has 0 aliphatic carbocycles. The Balaban J connectivity index is 2.08. The molecule has 0 spiro atoms. The number of nitrogens with zero attached hydrogens (tertiary/aromatic N) is 3. The number of aromatic nitrogens is 2. The first-order chi connectivity index (χ1) is 9.60. The van der Waals surface area contributed by atoms with Crippen molar-refractivity contribution in [3.05, 3.63) is 39.9 Å². The predicted molar refractivity (Wildman–Crippen MR) is 81.4 cm³/mol. The summed E-state index contributed by atoms with van der Waals surface area (Å²) in [4.78, 5) is 10.4. The highest BCUT2D eigenvalue weighted by atomic mass is 32.2. The lowest BCUT2D eigenvalue weighted by Gasteiger charge is -2.08. The molecule has 1 heterocycles. The highest BCUT2D eigenvalue weighted by Crippen LogP contribution is 2.38. The fourth-order valence-corrected chi connectivity index (χ4v) is 3.67. The summed E-state index contributed by atoms with van der Waals surface area (Å²) < 4.78 is 0.847. The van der Waals surface area contributed by atoms with E-state index < -0.39 is 0 Å². The van der Waals surface area contributed by atoms with Crippen molar-refractivity contribution in [1.29, 1.82) is 0 Å². The van der Waals surface area contributed by atoms with Crippen LogP contribution in [0.5, 0.6) is 0 Å². The molecule has 6 nitrogen and oxygen atoms in total. The van der Waals surface area contributed by atoms with Gasteiger partial charge in [-0.2, -0.15) is 0 Å². The van der Waals surface area contributed by atoms with E-state index in [-0.39, 0.29) is 15.9 Å². The van der Waals surface area contributed by atoms with Crippen molar-refractivity contribution >= 4 is 33.9 Å². The highest BCUT2D eigenvalue weighted by molar-refractivity contribution is 8.01. The van der Waals surface area contributed by atoms with E-state index in [0.717, 1.165) is 21.6 Å². The smallest absolute Gasteiger partial charge is 0.269 e. The molecular formula is C12H14N4O2S2. The Morgan fingerprint density at radius 3 is 3.00 bits per heavy atom. The van der Waals surface area contributed by atoms with Gasteiger partial charge < -0.3 is 5.32 Å². The van der Waals surface area contributed by atoms with E-state index in [4.69, 9.17) is 0 Å². The average Bonchev–Trinajstić information content (AvgIpc) is 2.86. The Kier molecular flexibility index (Phi) is 4.91. The van der Waals surface area contributed by atoms with Crippen LogP contribution in [0.4, 0.5) is 10.8 Å². The maximum atomic E-state index is 10.8. The van der Waals surface area contributed by atoms with Crippen molar-refractivity contribution in [1.82, 2.24) is 10.2 Å². The van der Waals surface area contributed by atoms with E-state index >= 15 is 0 Å². The molecular weight excluding hydrogens is 296 g/mol. The maximum Gasteiger partial charge on any atom is 0.269 e. The van der Waals surface area contributed by atoms with Gasteiger partial charge in [0.15, 0.2) is 4.34 Å². The minimum Gasteiger partial charge on any atom is -0.360 e. The molecule has 1 unspecified atom stereocenters. The Morgan fingerprint density at radius 1 is 1.50 bits per heavy atom. The van der Waals surface area contributed by atoms with E-state index in [1.54, 1.807) is 23.9 Å². The minimum absolute atomic E-state index is 0.0809. The Bertz CT molecular complexity index is 603. The second kappa shape index (κ2) is 6.67. The van der Waals surface area contributed by atoms with Gasteiger partial charge in [-0.25, -0.2) is 0 Å². The van der Waals surface area contributed by atoms with E-state index in [1.807, 2.05) is 19.9 Å². The van der Waals surface area contributed by atoms with Crippen LogP contribution in [0.1, 0.15) is 24.7 Å². The van der Waals surface area contributed by atoms with Crippen LogP contribution in [-0.4, -0.2) is 21.7 Å².